The summed E-state index contributed by atoms with van der Waals surface area (Å²) in [6.45, 7) is 0. The molecule has 1 aliphatic rings. The molecule has 88 valence electrons. The molecule has 0 amide bonds. The van der Waals surface area contributed by atoms with Gasteiger partial charge in [-0.25, -0.2) is 9.97 Å². The lowest BCUT2D eigenvalue weighted by Crippen LogP contribution is -1.97. The topological polar surface area (TPSA) is 61.6 Å². The number of pyridine rings is 2. The van der Waals surface area contributed by atoms with Gasteiger partial charge in [-0.15, -0.1) is 0 Å². The molecule has 1 aliphatic carbocycles. The fourth-order valence-corrected chi connectivity index (χ4v) is 1.89. The summed E-state index contributed by atoms with van der Waals surface area (Å²) in [5, 5.41) is 12.0. The predicted molar refractivity (Wildman–Crippen MR) is 68.4 cm³/mol. The Morgan fingerprint density at radius 2 is 1.83 bits per heavy atom. The van der Waals surface area contributed by atoms with E-state index < -0.39 is 0 Å². The van der Waals surface area contributed by atoms with Crippen molar-refractivity contribution >= 4 is 11.6 Å². The Balaban J connectivity index is 1.83. The summed E-state index contributed by atoms with van der Waals surface area (Å²) in [5.74, 6) is 2.13. The Morgan fingerprint density at radius 1 is 1.11 bits per heavy atom. The maximum Gasteiger partial charge on any atom is 0.132 e. The highest BCUT2D eigenvalue weighted by Crippen LogP contribution is 2.40. The van der Waals surface area contributed by atoms with E-state index >= 15 is 0 Å². The normalized spacial score (nSPS) is 13.9. The third kappa shape index (κ3) is 2.30. The van der Waals surface area contributed by atoms with E-state index in [1.54, 1.807) is 18.3 Å². The van der Waals surface area contributed by atoms with E-state index in [-0.39, 0.29) is 0 Å². The first-order valence-corrected chi connectivity index (χ1v) is 5.94. The van der Waals surface area contributed by atoms with Gasteiger partial charge in [-0.05, 0) is 48.6 Å². The lowest BCUT2D eigenvalue weighted by Gasteiger charge is -2.06. The highest BCUT2D eigenvalue weighted by Gasteiger charge is 2.23. The van der Waals surface area contributed by atoms with Crippen molar-refractivity contribution in [1.82, 2.24) is 9.97 Å². The number of hydrogen-bond acceptors (Lipinski definition) is 4. The number of anilines is 2. The quantitative estimate of drug-likeness (QED) is 0.889. The van der Waals surface area contributed by atoms with Crippen LogP contribution in [0.2, 0.25) is 0 Å². The van der Waals surface area contributed by atoms with Crippen LogP contribution in [0.5, 0.6) is 0 Å². The van der Waals surface area contributed by atoms with E-state index in [2.05, 4.69) is 33.5 Å². The largest absolute Gasteiger partial charge is 0.325 e. The third-order valence-corrected chi connectivity index (χ3v) is 2.98. The van der Waals surface area contributed by atoms with Crippen LogP contribution < -0.4 is 5.32 Å². The first-order valence-electron chi connectivity index (χ1n) is 5.94. The zero-order chi connectivity index (χ0) is 12.4. The molecule has 2 heterocycles. The lowest BCUT2D eigenvalue weighted by atomic mass is 10.2. The molecule has 18 heavy (non-hydrogen) atoms. The maximum absolute atomic E-state index is 8.83. The van der Waals surface area contributed by atoms with E-state index in [0.717, 1.165) is 5.82 Å². The summed E-state index contributed by atoms with van der Waals surface area (Å²) in [4.78, 5) is 8.44. The minimum atomic E-state index is 0.589. The zero-order valence-electron chi connectivity index (χ0n) is 9.80. The molecular formula is C14H12N4. The zero-order valence-corrected chi connectivity index (χ0v) is 9.80. The number of nitrogens with one attached hydrogen (secondary N) is 1. The third-order valence-electron chi connectivity index (χ3n) is 2.98. The van der Waals surface area contributed by atoms with Crippen molar-refractivity contribution in [3.8, 4) is 6.07 Å². The van der Waals surface area contributed by atoms with E-state index in [1.165, 1.54) is 18.4 Å². The second kappa shape index (κ2) is 4.46. The van der Waals surface area contributed by atoms with Gasteiger partial charge in [-0.1, -0.05) is 0 Å². The molecule has 3 rings (SSSR count). The molecular weight excluding hydrogens is 224 g/mol. The number of hydrogen-bond donors (Lipinski definition) is 1. The molecule has 0 spiro atoms. The molecule has 0 saturated heterocycles. The van der Waals surface area contributed by atoms with Crippen LogP contribution in [0.4, 0.5) is 11.6 Å². The summed E-state index contributed by atoms with van der Waals surface area (Å²) >= 11 is 0. The summed E-state index contributed by atoms with van der Waals surface area (Å²) in [6, 6.07) is 9.60. The minimum absolute atomic E-state index is 0.589. The Labute approximate surface area is 105 Å². The molecule has 4 heteroatoms. The fraction of sp³-hybridized carbons (Fsp3) is 0.214. The Hall–Kier alpha value is -2.41. The van der Waals surface area contributed by atoms with Crippen LogP contribution >= 0.6 is 0 Å². The second-order valence-electron chi connectivity index (χ2n) is 4.42. The van der Waals surface area contributed by atoms with Gasteiger partial charge < -0.3 is 5.32 Å². The number of nitrogens with zero attached hydrogens (tertiary/aromatic N) is 3. The van der Waals surface area contributed by atoms with E-state index in [4.69, 9.17) is 5.26 Å². The molecule has 0 aromatic carbocycles. The predicted octanol–water partition coefficient (Wildman–Crippen LogP) is 2.97. The molecule has 1 N–H and O–H groups in total. The summed E-state index contributed by atoms with van der Waals surface area (Å²) in [7, 11) is 0. The maximum atomic E-state index is 8.83. The minimum Gasteiger partial charge on any atom is -0.325 e. The Bertz CT molecular complexity index is 611. The second-order valence-corrected chi connectivity index (χ2v) is 4.42. The van der Waals surface area contributed by atoms with Crippen molar-refractivity contribution in [3.63, 3.8) is 0 Å². The number of nitriles is 1. The van der Waals surface area contributed by atoms with Gasteiger partial charge in [-0.2, -0.15) is 5.26 Å². The van der Waals surface area contributed by atoms with E-state index in [0.29, 0.717) is 17.3 Å². The highest BCUT2D eigenvalue weighted by atomic mass is 15.0. The van der Waals surface area contributed by atoms with Crippen LogP contribution in [-0.4, -0.2) is 9.97 Å². The molecule has 0 aliphatic heterocycles. The summed E-state index contributed by atoms with van der Waals surface area (Å²) in [5.41, 5.74) is 1.91. The average Bonchev–Trinajstić information content (AvgIpc) is 3.24. The van der Waals surface area contributed by atoms with Crippen LogP contribution in [-0.2, 0) is 0 Å². The van der Waals surface area contributed by atoms with Crippen LogP contribution in [0.15, 0.2) is 36.7 Å². The molecule has 1 fully saturated rings. The first kappa shape index (κ1) is 10.7. The standard InChI is InChI=1S/C14H12N4/c15-9-10-3-5-16-13(7-10)18-14-8-12(4-6-17-14)11-1-2-11/h3-8,11H,1-2H2,(H,16,17,18). The molecule has 0 radical (unpaired) electrons. The van der Waals surface area contributed by atoms with Crippen molar-refractivity contribution in [2.24, 2.45) is 0 Å². The van der Waals surface area contributed by atoms with Gasteiger partial charge in [-0.3, -0.25) is 0 Å². The molecule has 2 aromatic heterocycles. The highest BCUT2D eigenvalue weighted by molar-refractivity contribution is 5.54. The van der Waals surface area contributed by atoms with Crippen LogP contribution in [0.1, 0.15) is 29.9 Å². The van der Waals surface area contributed by atoms with Gasteiger partial charge in [0, 0.05) is 12.4 Å². The van der Waals surface area contributed by atoms with Gasteiger partial charge in [0.2, 0.25) is 0 Å². The van der Waals surface area contributed by atoms with Crippen molar-refractivity contribution < 1.29 is 0 Å². The molecule has 0 atom stereocenters. The van der Waals surface area contributed by atoms with Crippen molar-refractivity contribution in [2.45, 2.75) is 18.8 Å². The van der Waals surface area contributed by atoms with E-state index in [1.807, 2.05) is 6.20 Å². The van der Waals surface area contributed by atoms with Crippen molar-refractivity contribution in [1.29, 1.82) is 5.26 Å². The molecule has 4 nitrogen and oxygen atoms in total. The van der Waals surface area contributed by atoms with Gasteiger partial charge in [0.25, 0.3) is 0 Å². The van der Waals surface area contributed by atoms with Gasteiger partial charge in [0.05, 0.1) is 11.6 Å². The molecule has 2 aromatic rings. The van der Waals surface area contributed by atoms with Crippen LogP contribution in [0.3, 0.4) is 0 Å². The molecule has 0 bridgehead atoms. The fourth-order valence-electron chi connectivity index (χ4n) is 1.89. The van der Waals surface area contributed by atoms with Gasteiger partial charge in [0.15, 0.2) is 0 Å². The Morgan fingerprint density at radius 3 is 2.56 bits per heavy atom. The monoisotopic (exact) mass is 236 g/mol. The van der Waals surface area contributed by atoms with Gasteiger partial charge in [0.1, 0.15) is 11.6 Å². The van der Waals surface area contributed by atoms with Crippen LogP contribution in [0, 0.1) is 11.3 Å². The molecule has 0 unspecified atom stereocenters. The van der Waals surface area contributed by atoms with Crippen molar-refractivity contribution in [2.75, 3.05) is 5.32 Å². The number of rotatable bonds is 3. The first-order chi connectivity index (χ1) is 8.85. The lowest BCUT2D eigenvalue weighted by molar-refractivity contribution is 1.11. The Kier molecular flexibility index (Phi) is 2.66. The average molecular weight is 236 g/mol. The van der Waals surface area contributed by atoms with Crippen LogP contribution in [0.25, 0.3) is 0 Å². The number of aromatic nitrogens is 2. The van der Waals surface area contributed by atoms with E-state index in [9.17, 15) is 0 Å². The summed E-state index contributed by atoms with van der Waals surface area (Å²) < 4.78 is 0. The molecule has 1 saturated carbocycles. The summed E-state index contributed by atoms with van der Waals surface area (Å²) in [6.07, 6.45) is 5.97. The van der Waals surface area contributed by atoms with Gasteiger partial charge >= 0.3 is 0 Å². The van der Waals surface area contributed by atoms with Crippen molar-refractivity contribution in [3.05, 3.63) is 47.8 Å². The SMILES string of the molecule is N#Cc1ccnc(Nc2cc(C3CC3)ccn2)c1. The smallest absolute Gasteiger partial charge is 0.132 e.